The fourth-order valence-electron chi connectivity index (χ4n) is 4.39. The molecule has 0 bridgehead atoms. The van der Waals surface area contributed by atoms with E-state index in [1.54, 1.807) is 4.90 Å². The van der Waals surface area contributed by atoms with Crippen LogP contribution in [-0.2, 0) is 4.79 Å². The Balaban J connectivity index is 1.42. The number of nitrogens with one attached hydrogen (secondary N) is 1. The summed E-state index contributed by atoms with van der Waals surface area (Å²) in [5, 5.41) is 2.99. The van der Waals surface area contributed by atoms with E-state index in [0.717, 1.165) is 40.9 Å². The van der Waals surface area contributed by atoms with E-state index in [2.05, 4.69) is 5.32 Å². The van der Waals surface area contributed by atoms with Crippen molar-refractivity contribution in [3.8, 4) is 16.9 Å². The van der Waals surface area contributed by atoms with Gasteiger partial charge in [0.1, 0.15) is 6.54 Å². The summed E-state index contributed by atoms with van der Waals surface area (Å²) in [6.07, 6.45) is 4.12. The van der Waals surface area contributed by atoms with Gasteiger partial charge >= 0.3 is 0 Å². The van der Waals surface area contributed by atoms with E-state index in [4.69, 9.17) is 4.98 Å². The maximum Gasteiger partial charge on any atom is 0.254 e. The predicted molar refractivity (Wildman–Crippen MR) is 147 cm³/mol. The number of nitrogens with zero attached hydrogens (tertiary/aromatic N) is 3. The van der Waals surface area contributed by atoms with Crippen LogP contribution in [0.5, 0.6) is 0 Å². The number of imidazole rings is 1. The van der Waals surface area contributed by atoms with E-state index in [-0.39, 0.29) is 18.4 Å². The molecule has 0 radical (unpaired) electrons. The second-order valence-electron chi connectivity index (χ2n) is 10.0. The molecular weight excluding hydrogens is 460 g/mol. The first kappa shape index (κ1) is 24.5. The van der Waals surface area contributed by atoms with Crippen molar-refractivity contribution in [3.63, 3.8) is 0 Å². The van der Waals surface area contributed by atoms with Crippen molar-refractivity contribution in [3.05, 3.63) is 101 Å². The first-order valence-electron chi connectivity index (χ1n) is 12.8. The minimum absolute atomic E-state index is 0.0235. The number of carbonyl (C=O) groups is 2. The number of benzene rings is 3. The molecule has 3 aromatic carbocycles. The van der Waals surface area contributed by atoms with Gasteiger partial charge in [0.2, 0.25) is 11.9 Å². The fourth-order valence-corrected chi connectivity index (χ4v) is 4.39. The second kappa shape index (κ2) is 10.4. The van der Waals surface area contributed by atoms with E-state index in [0.29, 0.717) is 24.0 Å². The summed E-state index contributed by atoms with van der Waals surface area (Å²) in [4.78, 5) is 33.1. The summed E-state index contributed by atoms with van der Waals surface area (Å²) in [5.41, 5.74) is 6.50. The van der Waals surface area contributed by atoms with Gasteiger partial charge in [0.15, 0.2) is 0 Å². The molecule has 4 aromatic rings. The van der Waals surface area contributed by atoms with Gasteiger partial charge in [0.25, 0.3) is 5.91 Å². The van der Waals surface area contributed by atoms with E-state index in [1.807, 2.05) is 104 Å². The van der Waals surface area contributed by atoms with Gasteiger partial charge in [-0.2, -0.15) is 0 Å². The van der Waals surface area contributed by atoms with Crippen molar-refractivity contribution >= 4 is 17.8 Å². The second-order valence-corrected chi connectivity index (χ2v) is 10.0. The van der Waals surface area contributed by atoms with E-state index in [9.17, 15) is 9.59 Å². The molecule has 0 spiro atoms. The van der Waals surface area contributed by atoms with Crippen molar-refractivity contribution in [2.24, 2.45) is 5.92 Å². The Hall–Kier alpha value is -4.19. The zero-order chi connectivity index (χ0) is 25.9. The molecule has 1 aliphatic rings. The Morgan fingerprint density at radius 3 is 2.22 bits per heavy atom. The third-order valence-electron chi connectivity index (χ3n) is 6.79. The topological polar surface area (TPSA) is 67.2 Å². The molecule has 1 heterocycles. The zero-order valence-electron chi connectivity index (χ0n) is 21.6. The summed E-state index contributed by atoms with van der Waals surface area (Å²) in [6, 6.07) is 23.8. The van der Waals surface area contributed by atoms with Crippen LogP contribution >= 0.6 is 0 Å². The lowest BCUT2D eigenvalue weighted by Crippen LogP contribution is -2.40. The number of rotatable bonds is 8. The fraction of sp³-hybridized carbons (Fsp3) is 0.258. The third-order valence-corrected chi connectivity index (χ3v) is 6.79. The van der Waals surface area contributed by atoms with Crippen molar-refractivity contribution in [1.29, 1.82) is 0 Å². The van der Waals surface area contributed by atoms with Crippen molar-refractivity contribution in [2.45, 2.75) is 33.6 Å². The van der Waals surface area contributed by atoms with Crippen LogP contribution in [0.25, 0.3) is 16.9 Å². The molecule has 2 amide bonds. The molecule has 188 valence electrons. The lowest BCUT2D eigenvalue weighted by molar-refractivity contribution is -0.117. The molecule has 0 unspecified atom stereocenters. The number of anilines is 1. The predicted octanol–water partition coefficient (Wildman–Crippen LogP) is 5.96. The summed E-state index contributed by atoms with van der Waals surface area (Å²) in [7, 11) is 0. The Labute approximate surface area is 218 Å². The van der Waals surface area contributed by atoms with Crippen molar-refractivity contribution in [2.75, 3.05) is 18.4 Å². The molecule has 1 aromatic heterocycles. The highest BCUT2D eigenvalue weighted by Gasteiger charge is 2.29. The Kier molecular flexibility index (Phi) is 6.91. The van der Waals surface area contributed by atoms with Crippen LogP contribution < -0.4 is 5.32 Å². The van der Waals surface area contributed by atoms with Crippen molar-refractivity contribution < 1.29 is 9.59 Å². The highest BCUT2D eigenvalue weighted by atomic mass is 16.2. The summed E-state index contributed by atoms with van der Waals surface area (Å²) >= 11 is 0. The maximum absolute atomic E-state index is 13.4. The van der Waals surface area contributed by atoms with Crippen LogP contribution in [0.4, 0.5) is 5.95 Å². The average Bonchev–Trinajstić information content (AvgIpc) is 3.62. The SMILES string of the molecule is Cc1ccc(-c2cn(-c3ccc(C)cc3)c(NC(=O)CN(CC3CC3)C(=O)c3ccccc3C)n2)cc1. The number of hydrogen-bond acceptors (Lipinski definition) is 3. The van der Waals surface area contributed by atoms with E-state index >= 15 is 0 Å². The molecule has 0 aliphatic heterocycles. The summed E-state index contributed by atoms with van der Waals surface area (Å²) in [5.74, 6) is 0.516. The molecule has 1 aliphatic carbocycles. The molecule has 6 heteroatoms. The highest BCUT2D eigenvalue weighted by Crippen LogP contribution is 2.30. The molecule has 6 nitrogen and oxygen atoms in total. The largest absolute Gasteiger partial charge is 0.329 e. The Bertz CT molecular complexity index is 1420. The van der Waals surface area contributed by atoms with Gasteiger partial charge in [-0.15, -0.1) is 0 Å². The lowest BCUT2D eigenvalue weighted by atomic mass is 10.1. The van der Waals surface area contributed by atoms with Gasteiger partial charge in [-0.05, 0) is 63.3 Å². The van der Waals surface area contributed by atoms with Gasteiger partial charge in [-0.1, -0.05) is 65.7 Å². The minimum Gasteiger partial charge on any atom is -0.329 e. The summed E-state index contributed by atoms with van der Waals surface area (Å²) < 4.78 is 1.89. The monoisotopic (exact) mass is 492 g/mol. The minimum atomic E-state index is -0.267. The molecule has 0 saturated heterocycles. The van der Waals surface area contributed by atoms with Gasteiger partial charge in [-0.3, -0.25) is 19.5 Å². The van der Waals surface area contributed by atoms with Gasteiger partial charge in [0, 0.05) is 29.6 Å². The maximum atomic E-state index is 13.4. The molecule has 1 N–H and O–H groups in total. The van der Waals surface area contributed by atoms with Crippen LogP contribution in [0.2, 0.25) is 0 Å². The molecule has 1 fully saturated rings. The van der Waals surface area contributed by atoms with Gasteiger partial charge in [-0.25, -0.2) is 4.98 Å². The Morgan fingerprint density at radius 2 is 1.57 bits per heavy atom. The number of carbonyl (C=O) groups excluding carboxylic acids is 2. The number of amides is 2. The average molecular weight is 493 g/mol. The lowest BCUT2D eigenvalue weighted by Gasteiger charge is -2.23. The van der Waals surface area contributed by atoms with Crippen LogP contribution in [0, 0.1) is 26.7 Å². The molecule has 0 atom stereocenters. The highest BCUT2D eigenvalue weighted by molar-refractivity contribution is 6.00. The summed E-state index contributed by atoms with van der Waals surface area (Å²) in [6.45, 7) is 6.57. The van der Waals surface area contributed by atoms with E-state index in [1.165, 1.54) is 5.56 Å². The van der Waals surface area contributed by atoms with Crippen LogP contribution in [0.15, 0.2) is 79.0 Å². The number of aromatic nitrogens is 2. The third kappa shape index (κ3) is 5.80. The molecule has 1 saturated carbocycles. The van der Waals surface area contributed by atoms with E-state index < -0.39 is 0 Å². The standard InChI is InChI=1S/C31H32N4O2/c1-21-8-14-25(15-9-21)28-19-35(26-16-10-22(2)11-17-26)31(32-28)33-29(36)20-34(18-24-12-13-24)30(37)27-7-5-4-6-23(27)3/h4-11,14-17,19,24H,12-13,18,20H2,1-3H3,(H,32,33,36). The number of aryl methyl sites for hydroxylation is 3. The van der Waals surface area contributed by atoms with Crippen LogP contribution in [0.1, 0.15) is 39.9 Å². The quantitative estimate of drug-likeness (QED) is 0.330. The normalized spacial score (nSPS) is 12.8. The number of hydrogen-bond donors (Lipinski definition) is 1. The molecular formula is C31H32N4O2. The van der Waals surface area contributed by atoms with Gasteiger partial charge in [0.05, 0.1) is 5.69 Å². The smallest absolute Gasteiger partial charge is 0.254 e. The van der Waals surface area contributed by atoms with Crippen molar-refractivity contribution in [1.82, 2.24) is 14.5 Å². The Morgan fingerprint density at radius 1 is 0.919 bits per heavy atom. The first-order chi connectivity index (χ1) is 17.9. The first-order valence-corrected chi connectivity index (χ1v) is 12.8. The van der Waals surface area contributed by atoms with Crippen LogP contribution in [0.3, 0.4) is 0 Å². The van der Waals surface area contributed by atoms with Gasteiger partial charge < -0.3 is 4.90 Å². The van der Waals surface area contributed by atoms with Crippen LogP contribution in [-0.4, -0.2) is 39.4 Å². The molecule has 5 rings (SSSR count). The molecule has 37 heavy (non-hydrogen) atoms. The zero-order valence-corrected chi connectivity index (χ0v) is 21.6.